The van der Waals surface area contributed by atoms with Gasteiger partial charge in [-0.3, -0.25) is 0 Å². The van der Waals surface area contributed by atoms with Gasteiger partial charge in [0, 0.05) is 12.2 Å². The predicted octanol–water partition coefficient (Wildman–Crippen LogP) is 3.58. The Labute approximate surface area is 116 Å². The first kappa shape index (κ1) is 14.2. The van der Waals surface area contributed by atoms with Gasteiger partial charge in [-0.1, -0.05) is 26.2 Å². The van der Waals surface area contributed by atoms with Crippen LogP contribution in [-0.4, -0.2) is 23.9 Å². The van der Waals surface area contributed by atoms with Gasteiger partial charge in [0.1, 0.15) is 5.75 Å². The Hall–Kier alpha value is -1.22. The second-order valence-corrected chi connectivity index (χ2v) is 5.51. The van der Waals surface area contributed by atoms with Gasteiger partial charge in [0.15, 0.2) is 0 Å². The summed E-state index contributed by atoms with van der Waals surface area (Å²) in [5.41, 5.74) is 0.526. The molecule has 0 unspecified atom stereocenters. The highest BCUT2D eigenvalue weighted by Gasteiger charge is 2.28. The fraction of sp³-hybridized carbons (Fsp3) is 0.625. The van der Waals surface area contributed by atoms with Crippen LogP contribution >= 0.6 is 0 Å². The Bertz CT molecular complexity index is 369. The van der Waals surface area contributed by atoms with Crippen LogP contribution in [0.2, 0.25) is 0 Å². The van der Waals surface area contributed by atoms with Gasteiger partial charge in [0.05, 0.1) is 12.2 Å². The fourth-order valence-electron chi connectivity index (χ4n) is 2.54. The van der Waals surface area contributed by atoms with Crippen LogP contribution in [0.25, 0.3) is 0 Å². The van der Waals surface area contributed by atoms with E-state index in [0.29, 0.717) is 6.54 Å². The summed E-state index contributed by atoms with van der Waals surface area (Å²) in [4.78, 5) is 0. The highest BCUT2D eigenvalue weighted by Crippen LogP contribution is 2.28. The first-order chi connectivity index (χ1) is 9.22. The first-order valence-electron chi connectivity index (χ1n) is 7.41. The molecule has 1 aliphatic rings. The van der Waals surface area contributed by atoms with E-state index in [0.717, 1.165) is 50.1 Å². The number of hydrogen-bond donors (Lipinski definition) is 2. The Morgan fingerprint density at radius 3 is 2.47 bits per heavy atom. The minimum atomic E-state index is -0.518. The summed E-state index contributed by atoms with van der Waals surface area (Å²) in [6.45, 7) is 3.50. The molecule has 1 saturated carbocycles. The van der Waals surface area contributed by atoms with Gasteiger partial charge in [-0.15, -0.1) is 0 Å². The van der Waals surface area contributed by atoms with Crippen LogP contribution in [0, 0.1) is 0 Å². The van der Waals surface area contributed by atoms with Gasteiger partial charge in [-0.05, 0) is 43.5 Å². The summed E-state index contributed by atoms with van der Waals surface area (Å²) in [7, 11) is 0. The summed E-state index contributed by atoms with van der Waals surface area (Å²) in [6.07, 6.45) is 6.39. The van der Waals surface area contributed by atoms with Crippen LogP contribution in [0.1, 0.15) is 45.4 Å². The summed E-state index contributed by atoms with van der Waals surface area (Å²) in [5, 5.41) is 13.7. The molecule has 1 aromatic rings. The maximum Gasteiger partial charge on any atom is 0.119 e. The van der Waals surface area contributed by atoms with Crippen molar-refractivity contribution in [2.24, 2.45) is 0 Å². The number of ether oxygens (including phenoxy) is 1. The highest BCUT2D eigenvalue weighted by atomic mass is 16.5. The molecule has 0 atom stereocenters. The van der Waals surface area contributed by atoms with Crippen molar-refractivity contribution < 1.29 is 9.84 Å². The molecule has 1 aromatic carbocycles. The minimum Gasteiger partial charge on any atom is -0.494 e. The smallest absolute Gasteiger partial charge is 0.119 e. The quantitative estimate of drug-likeness (QED) is 0.824. The van der Waals surface area contributed by atoms with E-state index >= 15 is 0 Å². The van der Waals surface area contributed by atoms with Crippen molar-refractivity contribution in [1.29, 1.82) is 0 Å². The van der Waals surface area contributed by atoms with Gasteiger partial charge in [0.25, 0.3) is 0 Å². The number of nitrogens with one attached hydrogen (secondary N) is 1. The largest absolute Gasteiger partial charge is 0.494 e. The second-order valence-electron chi connectivity index (χ2n) is 5.51. The molecular formula is C16H25NO2. The topological polar surface area (TPSA) is 41.5 Å². The Balaban J connectivity index is 1.82. The highest BCUT2D eigenvalue weighted by molar-refractivity contribution is 5.46. The molecule has 0 amide bonds. The van der Waals surface area contributed by atoms with Crippen molar-refractivity contribution in [3.8, 4) is 5.75 Å². The van der Waals surface area contributed by atoms with Crippen molar-refractivity contribution in [1.82, 2.24) is 0 Å². The van der Waals surface area contributed by atoms with Crippen LogP contribution in [0.3, 0.4) is 0 Å². The molecule has 2 N–H and O–H groups in total. The van der Waals surface area contributed by atoms with Gasteiger partial charge >= 0.3 is 0 Å². The molecule has 2 rings (SSSR count). The van der Waals surface area contributed by atoms with Crippen molar-refractivity contribution in [2.75, 3.05) is 18.5 Å². The lowest BCUT2D eigenvalue weighted by Crippen LogP contribution is -2.38. The Morgan fingerprint density at radius 2 is 1.84 bits per heavy atom. The zero-order chi connectivity index (χ0) is 13.6. The van der Waals surface area contributed by atoms with Gasteiger partial charge in [0.2, 0.25) is 0 Å². The molecule has 0 bridgehead atoms. The third kappa shape index (κ3) is 4.43. The van der Waals surface area contributed by atoms with Gasteiger partial charge < -0.3 is 15.2 Å². The summed E-state index contributed by atoms with van der Waals surface area (Å²) >= 11 is 0. The lowest BCUT2D eigenvalue weighted by atomic mass is 9.85. The molecule has 0 aliphatic heterocycles. The zero-order valence-corrected chi connectivity index (χ0v) is 11.8. The summed E-state index contributed by atoms with van der Waals surface area (Å²) < 4.78 is 5.55. The third-order valence-corrected chi connectivity index (χ3v) is 3.73. The number of rotatable bonds is 6. The van der Waals surface area contributed by atoms with Crippen molar-refractivity contribution in [3.63, 3.8) is 0 Å². The molecule has 3 heteroatoms. The Morgan fingerprint density at radius 1 is 1.16 bits per heavy atom. The van der Waals surface area contributed by atoms with Crippen LogP contribution in [0.5, 0.6) is 5.75 Å². The number of benzene rings is 1. The standard InChI is InChI=1S/C16H25NO2/c1-2-12-19-15-8-6-14(7-9-15)17-13-16(18)10-4-3-5-11-16/h6-9,17-18H,2-5,10-13H2,1H3. The van der Waals surface area contributed by atoms with E-state index < -0.39 is 5.60 Å². The van der Waals surface area contributed by atoms with E-state index in [1.165, 1.54) is 6.42 Å². The van der Waals surface area contributed by atoms with Crippen molar-refractivity contribution in [2.45, 2.75) is 51.0 Å². The Kier molecular flexibility index (Phi) is 5.08. The van der Waals surface area contributed by atoms with E-state index in [-0.39, 0.29) is 0 Å². The number of anilines is 1. The molecule has 106 valence electrons. The third-order valence-electron chi connectivity index (χ3n) is 3.73. The monoisotopic (exact) mass is 263 g/mol. The molecule has 1 fully saturated rings. The molecule has 0 aromatic heterocycles. The van der Waals surface area contributed by atoms with Gasteiger partial charge in [-0.2, -0.15) is 0 Å². The molecule has 0 spiro atoms. The van der Waals surface area contributed by atoms with E-state index in [9.17, 15) is 5.11 Å². The summed E-state index contributed by atoms with van der Waals surface area (Å²) in [5.74, 6) is 0.906. The maximum absolute atomic E-state index is 10.4. The first-order valence-corrected chi connectivity index (χ1v) is 7.41. The molecule has 0 radical (unpaired) electrons. The molecule has 3 nitrogen and oxygen atoms in total. The van der Waals surface area contributed by atoms with Crippen LogP contribution in [0.4, 0.5) is 5.69 Å². The van der Waals surface area contributed by atoms with Crippen LogP contribution in [-0.2, 0) is 0 Å². The zero-order valence-electron chi connectivity index (χ0n) is 11.8. The molecule has 0 heterocycles. The number of aliphatic hydroxyl groups is 1. The van der Waals surface area contributed by atoms with Crippen molar-refractivity contribution in [3.05, 3.63) is 24.3 Å². The second kappa shape index (κ2) is 6.80. The minimum absolute atomic E-state index is 0.518. The maximum atomic E-state index is 10.4. The van der Waals surface area contributed by atoms with Crippen LogP contribution < -0.4 is 10.1 Å². The van der Waals surface area contributed by atoms with E-state index in [1.54, 1.807) is 0 Å². The summed E-state index contributed by atoms with van der Waals surface area (Å²) in [6, 6.07) is 7.97. The molecule has 0 saturated heterocycles. The average Bonchev–Trinajstić information content (AvgIpc) is 2.45. The predicted molar refractivity (Wildman–Crippen MR) is 78.8 cm³/mol. The van der Waals surface area contributed by atoms with Crippen LogP contribution in [0.15, 0.2) is 24.3 Å². The number of hydrogen-bond acceptors (Lipinski definition) is 3. The van der Waals surface area contributed by atoms with Crippen molar-refractivity contribution >= 4 is 5.69 Å². The van der Waals surface area contributed by atoms with E-state index in [2.05, 4.69) is 12.2 Å². The lowest BCUT2D eigenvalue weighted by molar-refractivity contribution is 0.0167. The molecule has 19 heavy (non-hydrogen) atoms. The average molecular weight is 263 g/mol. The van der Waals surface area contributed by atoms with E-state index in [1.807, 2.05) is 24.3 Å². The molecular weight excluding hydrogens is 238 g/mol. The van der Waals surface area contributed by atoms with Gasteiger partial charge in [-0.25, -0.2) is 0 Å². The SMILES string of the molecule is CCCOc1ccc(NCC2(O)CCCCC2)cc1. The molecule has 1 aliphatic carbocycles. The normalized spacial score (nSPS) is 18.0. The van der Waals surface area contributed by atoms with E-state index in [4.69, 9.17) is 4.74 Å². The fourth-order valence-corrected chi connectivity index (χ4v) is 2.54. The lowest BCUT2D eigenvalue weighted by Gasteiger charge is -2.32.